The Morgan fingerprint density at radius 3 is 2.26 bits per heavy atom. The van der Waals surface area contributed by atoms with Crippen molar-refractivity contribution in [2.24, 2.45) is 11.8 Å². The van der Waals surface area contributed by atoms with Crippen molar-refractivity contribution in [3.8, 4) is 0 Å². The average Bonchev–Trinajstić information content (AvgIpc) is 2.84. The van der Waals surface area contributed by atoms with Crippen molar-refractivity contribution < 1.29 is 23.9 Å². The molecule has 1 aromatic carbocycles. The number of rotatable bonds is 8. The number of carbonyl (C=O) groups is 4. The number of hydrogen-bond donors (Lipinski definition) is 3. The molecule has 0 aromatic heterocycles. The maximum Gasteiger partial charge on any atom is 0.329 e. The van der Waals surface area contributed by atoms with E-state index in [2.05, 4.69) is 22.9 Å². The summed E-state index contributed by atoms with van der Waals surface area (Å²) in [6, 6.07) is 6.75. The number of unbranched alkanes of at least 4 members (excludes halogenated alkanes) is 1. The molecule has 8 nitrogen and oxygen atoms in total. The fourth-order valence-corrected chi connectivity index (χ4v) is 4.12. The molecule has 8 heteroatoms. The lowest BCUT2D eigenvalue weighted by Crippen LogP contribution is -2.55. The molecule has 35 heavy (non-hydrogen) atoms. The molecule has 0 saturated carbocycles. The molecule has 1 unspecified atom stereocenters. The Kier molecular flexibility index (Phi) is 11.2. The fraction of sp³-hybridized carbons (Fsp3) is 0.630. The quantitative estimate of drug-likeness (QED) is 0.488. The first-order valence-electron chi connectivity index (χ1n) is 12.8. The summed E-state index contributed by atoms with van der Waals surface area (Å²) in [7, 11) is 0. The van der Waals surface area contributed by atoms with Crippen molar-refractivity contribution in [3.63, 3.8) is 0 Å². The van der Waals surface area contributed by atoms with E-state index in [-0.39, 0.29) is 30.6 Å². The molecule has 1 aliphatic heterocycles. The largest absolute Gasteiger partial charge is 0.460 e. The molecule has 0 bridgehead atoms. The van der Waals surface area contributed by atoms with E-state index >= 15 is 0 Å². The molecule has 1 heterocycles. The Labute approximate surface area is 208 Å². The number of esters is 1. The van der Waals surface area contributed by atoms with Crippen LogP contribution < -0.4 is 16.0 Å². The van der Waals surface area contributed by atoms with Crippen molar-refractivity contribution in [3.05, 3.63) is 35.9 Å². The Hall–Kier alpha value is -2.90. The second-order valence-electron chi connectivity index (χ2n) is 9.71. The van der Waals surface area contributed by atoms with Crippen molar-refractivity contribution in [2.75, 3.05) is 0 Å². The molecule has 6 atom stereocenters. The first kappa shape index (κ1) is 28.3. The standard InChI is InChI=1S/C27H41N3O5/c1-6-8-12-18(4)22-16-23(31)29-21(15-20-13-10-9-11-14-20)26(33)28-19(5)25(32)30-24(17(3)7-2)27(34)35-22/h9-11,13-14,17-19,21-22,24H,6-8,12,15-16H2,1-5H3,(H,28,33)(H,29,31)(H,30,32)/t17-,18-,19-,21-,22-,24?/m0/s1. The Morgan fingerprint density at radius 1 is 0.943 bits per heavy atom. The molecule has 1 aromatic rings. The highest BCUT2D eigenvalue weighted by Crippen LogP contribution is 2.21. The molecule has 1 fully saturated rings. The van der Waals surface area contributed by atoms with E-state index in [1.165, 1.54) is 0 Å². The van der Waals surface area contributed by atoms with Crippen molar-refractivity contribution in [1.29, 1.82) is 0 Å². The summed E-state index contributed by atoms with van der Waals surface area (Å²) in [6.45, 7) is 9.40. The second-order valence-corrected chi connectivity index (χ2v) is 9.71. The van der Waals surface area contributed by atoms with Crippen LogP contribution in [0.1, 0.15) is 72.3 Å². The van der Waals surface area contributed by atoms with Crippen LogP contribution >= 0.6 is 0 Å². The lowest BCUT2D eigenvalue weighted by atomic mass is 9.94. The van der Waals surface area contributed by atoms with E-state index in [1.807, 2.05) is 51.1 Å². The predicted molar refractivity (Wildman–Crippen MR) is 134 cm³/mol. The summed E-state index contributed by atoms with van der Waals surface area (Å²) in [5, 5.41) is 8.28. The zero-order valence-corrected chi connectivity index (χ0v) is 21.6. The number of carbonyl (C=O) groups excluding carboxylic acids is 4. The van der Waals surface area contributed by atoms with Crippen LogP contribution in [0.15, 0.2) is 30.3 Å². The third kappa shape index (κ3) is 8.67. The normalized spacial score (nSPS) is 26.1. The summed E-state index contributed by atoms with van der Waals surface area (Å²) in [5.74, 6) is -2.07. The Bertz CT molecular complexity index is 860. The molecule has 0 aliphatic carbocycles. The molecule has 1 saturated heterocycles. The van der Waals surface area contributed by atoms with Crippen LogP contribution in [0.5, 0.6) is 0 Å². The minimum Gasteiger partial charge on any atom is -0.460 e. The topological polar surface area (TPSA) is 114 Å². The molecule has 2 rings (SSSR count). The van der Waals surface area contributed by atoms with Crippen LogP contribution in [-0.2, 0) is 30.3 Å². The summed E-state index contributed by atoms with van der Waals surface area (Å²) in [4.78, 5) is 52.3. The van der Waals surface area contributed by atoms with Gasteiger partial charge in [0.2, 0.25) is 17.7 Å². The van der Waals surface area contributed by atoms with E-state index < -0.39 is 42.0 Å². The molecule has 0 spiro atoms. The Balaban J connectivity index is 2.37. The van der Waals surface area contributed by atoms with Crippen molar-refractivity contribution >= 4 is 23.7 Å². The van der Waals surface area contributed by atoms with Crippen molar-refractivity contribution in [2.45, 2.75) is 97.4 Å². The van der Waals surface area contributed by atoms with Gasteiger partial charge in [-0.15, -0.1) is 0 Å². The molecule has 0 radical (unpaired) electrons. The number of hydrogen-bond acceptors (Lipinski definition) is 5. The van der Waals surface area contributed by atoms with Crippen LogP contribution in [0.3, 0.4) is 0 Å². The van der Waals surface area contributed by atoms with Gasteiger partial charge in [-0.2, -0.15) is 0 Å². The fourth-order valence-electron chi connectivity index (χ4n) is 4.12. The lowest BCUT2D eigenvalue weighted by Gasteiger charge is -2.29. The van der Waals surface area contributed by atoms with Crippen LogP contribution in [0.2, 0.25) is 0 Å². The maximum atomic E-state index is 13.2. The molecular weight excluding hydrogens is 446 g/mol. The lowest BCUT2D eigenvalue weighted by molar-refractivity contribution is -0.158. The van der Waals surface area contributed by atoms with Gasteiger partial charge in [0.15, 0.2) is 0 Å². The van der Waals surface area contributed by atoms with Gasteiger partial charge in [-0.1, -0.05) is 77.3 Å². The zero-order valence-electron chi connectivity index (χ0n) is 21.6. The maximum absolute atomic E-state index is 13.2. The van der Waals surface area contributed by atoms with Gasteiger partial charge in [0, 0.05) is 6.42 Å². The van der Waals surface area contributed by atoms with Gasteiger partial charge in [-0.3, -0.25) is 14.4 Å². The zero-order chi connectivity index (χ0) is 26.0. The van der Waals surface area contributed by atoms with Crippen LogP contribution in [0, 0.1) is 11.8 Å². The van der Waals surface area contributed by atoms with Gasteiger partial charge in [0.05, 0.1) is 6.42 Å². The van der Waals surface area contributed by atoms with Gasteiger partial charge in [0.1, 0.15) is 24.2 Å². The molecule has 3 amide bonds. The van der Waals surface area contributed by atoms with Crippen molar-refractivity contribution in [1.82, 2.24) is 16.0 Å². The average molecular weight is 488 g/mol. The third-order valence-electron chi connectivity index (χ3n) is 6.75. The van der Waals surface area contributed by atoms with Crippen LogP contribution in [-0.4, -0.2) is 47.9 Å². The first-order valence-corrected chi connectivity index (χ1v) is 12.8. The minimum atomic E-state index is -0.892. The first-order chi connectivity index (χ1) is 16.7. The van der Waals surface area contributed by atoms with Crippen LogP contribution in [0.4, 0.5) is 0 Å². The summed E-state index contributed by atoms with van der Waals surface area (Å²) < 4.78 is 5.87. The van der Waals surface area contributed by atoms with E-state index in [0.29, 0.717) is 6.42 Å². The van der Waals surface area contributed by atoms with E-state index in [0.717, 1.165) is 24.8 Å². The van der Waals surface area contributed by atoms with Gasteiger partial charge in [-0.25, -0.2) is 4.79 Å². The number of benzene rings is 1. The third-order valence-corrected chi connectivity index (χ3v) is 6.75. The van der Waals surface area contributed by atoms with Gasteiger partial charge in [0.25, 0.3) is 0 Å². The van der Waals surface area contributed by atoms with Gasteiger partial charge in [-0.05, 0) is 30.7 Å². The number of nitrogens with one attached hydrogen (secondary N) is 3. The number of cyclic esters (lactones) is 1. The number of ether oxygens (including phenoxy) is 1. The SMILES string of the molecule is CCCC[C@H](C)[C@@H]1CC(=O)N[C@@H](Cc2ccccc2)C(=O)N[C@@H](C)C(=O)NC([C@@H](C)CC)C(=O)O1. The highest BCUT2D eigenvalue weighted by molar-refractivity contribution is 5.94. The molecular formula is C27H41N3O5. The summed E-state index contributed by atoms with van der Waals surface area (Å²) in [5.41, 5.74) is 0.880. The predicted octanol–water partition coefficient (Wildman–Crippen LogP) is 2.89. The van der Waals surface area contributed by atoms with Gasteiger partial charge < -0.3 is 20.7 Å². The van der Waals surface area contributed by atoms with Crippen LogP contribution in [0.25, 0.3) is 0 Å². The minimum absolute atomic E-state index is 0.0497. The van der Waals surface area contributed by atoms with E-state index in [9.17, 15) is 19.2 Å². The molecule has 3 N–H and O–H groups in total. The van der Waals surface area contributed by atoms with E-state index in [1.54, 1.807) is 6.92 Å². The summed E-state index contributed by atoms with van der Waals surface area (Å²) >= 11 is 0. The smallest absolute Gasteiger partial charge is 0.329 e. The molecule has 194 valence electrons. The highest BCUT2D eigenvalue weighted by Gasteiger charge is 2.35. The summed E-state index contributed by atoms with van der Waals surface area (Å²) in [6.07, 6.45) is 2.95. The highest BCUT2D eigenvalue weighted by atomic mass is 16.5. The number of amides is 3. The van der Waals surface area contributed by atoms with Gasteiger partial charge >= 0.3 is 5.97 Å². The monoisotopic (exact) mass is 487 g/mol. The molecule has 1 aliphatic rings. The van der Waals surface area contributed by atoms with E-state index in [4.69, 9.17) is 4.74 Å². The second kappa shape index (κ2) is 13.9. The Morgan fingerprint density at radius 2 is 1.63 bits per heavy atom.